The number of aliphatic hydroxyl groups is 1. The van der Waals surface area contributed by atoms with Gasteiger partial charge in [0.15, 0.2) is 0 Å². The highest BCUT2D eigenvalue weighted by atomic mass is 32.2. The Bertz CT molecular complexity index is 1040. The van der Waals surface area contributed by atoms with Crippen molar-refractivity contribution in [2.75, 3.05) is 11.9 Å². The highest BCUT2D eigenvalue weighted by Crippen LogP contribution is 2.33. The molecule has 2 aromatic rings. The molecule has 6 nitrogen and oxygen atoms in total. The molecular weight excluding hydrogens is 424 g/mol. The van der Waals surface area contributed by atoms with Gasteiger partial charge in [0.2, 0.25) is 10.0 Å². The first kappa shape index (κ1) is 24.4. The van der Waals surface area contributed by atoms with Crippen molar-refractivity contribution >= 4 is 21.6 Å². The topological polar surface area (TPSA) is 95.5 Å². The van der Waals surface area contributed by atoms with Crippen molar-refractivity contribution in [2.45, 2.75) is 63.8 Å². The second kappa shape index (κ2) is 10.6. The van der Waals surface area contributed by atoms with E-state index >= 15 is 0 Å². The van der Waals surface area contributed by atoms with Gasteiger partial charge in [0, 0.05) is 23.9 Å². The number of anilines is 1. The number of hydrogen-bond acceptors (Lipinski definition) is 4. The molecule has 1 saturated carbocycles. The number of sulfonamides is 1. The number of aryl methyl sites for hydroxylation is 2. The quantitative estimate of drug-likeness (QED) is 0.546. The second-order valence-corrected chi connectivity index (χ2v) is 10.7. The van der Waals surface area contributed by atoms with Crippen molar-refractivity contribution < 1.29 is 18.3 Å². The molecule has 0 heterocycles. The molecule has 0 saturated heterocycles. The summed E-state index contributed by atoms with van der Waals surface area (Å²) < 4.78 is 28.8. The minimum atomic E-state index is -3.66. The lowest BCUT2D eigenvalue weighted by atomic mass is 9.78. The van der Waals surface area contributed by atoms with Gasteiger partial charge in [-0.25, -0.2) is 13.1 Å². The number of hydrogen-bond donors (Lipinski definition) is 3. The van der Waals surface area contributed by atoms with E-state index in [0.717, 1.165) is 37.7 Å². The fraction of sp³-hybridized carbons (Fsp3) is 0.480. The fourth-order valence-corrected chi connectivity index (χ4v) is 5.93. The van der Waals surface area contributed by atoms with Crippen LogP contribution in [0.4, 0.5) is 5.69 Å². The molecule has 1 aliphatic rings. The first-order valence-corrected chi connectivity index (χ1v) is 12.8. The smallest absolute Gasteiger partial charge is 0.255 e. The predicted molar refractivity (Wildman–Crippen MR) is 127 cm³/mol. The molecule has 1 amide bonds. The largest absolute Gasteiger partial charge is 0.396 e. The predicted octanol–water partition coefficient (Wildman–Crippen LogP) is 4.41. The van der Waals surface area contributed by atoms with E-state index in [9.17, 15) is 13.2 Å². The summed E-state index contributed by atoms with van der Waals surface area (Å²) in [4.78, 5) is 12.8. The Hall–Kier alpha value is -2.22. The van der Waals surface area contributed by atoms with Crippen LogP contribution >= 0.6 is 0 Å². The SMILES string of the molecule is Cc1cc(S(=O)(=O)N[C@H](C)C2CCC(CCO)CC2)ccc1NC(=O)c1ccccc1C. The molecule has 3 rings (SSSR count). The number of carbonyl (C=O) groups excluding carboxylic acids is 1. The third kappa shape index (κ3) is 5.97. The molecule has 2 aromatic carbocycles. The first-order valence-electron chi connectivity index (χ1n) is 11.3. The van der Waals surface area contributed by atoms with Crippen molar-refractivity contribution in [3.05, 3.63) is 59.2 Å². The number of benzene rings is 2. The van der Waals surface area contributed by atoms with E-state index in [4.69, 9.17) is 5.11 Å². The van der Waals surface area contributed by atoms with Gasteiger partial charge in [-0.15, -0.1) is 0 Å². The van der Waals surface area contributed by atoms with Crippen LogP contribution in [0.1, 0.15) is 60.5 Å². The van der Waals surface area contributed by atoms with Gasteiger partial charge in [-0.05, 0) is 87.3 Å². The third-order valence-corrected chi connectivity index (χ3v) is 8.18. The van der Waals surface area contributed by atoms with E-state index in [1.807, 2.05) is 32.0 Å². The third-order valence-electron chi connectivity index (χ3n) is 6.62. The van der Waals surface area contributed by atoms with Crippen LogP contribution in [0.25, 0.3) is 0 Å². The van der Waals surface area contributed by atoms with Gasteiger partial charge in [-0.2, -0.15) is 0 Å². The van der Waals surface area contributed by atoms with Crippen LogP contribution in [0.3, 0.4) is 0 Å². The van der Waals surface area contributed by atoms with Crippen LogP contribution < -0.4 is 10.0 Å². The number of carbonyl (C=O) groups is 1. The van der Waals surface area contributed by atoms with Crippen molar-refractivity contribution in [3.8, 4) is 0 Å². The summed E-state index contributed by atoms with van der Waals surface area (Å²) in [6, 6.07) is 12.0. The zero-order valence-corrected chi connectivity index (χ0v) is 19.9. The van der Waals surface area contributed by atoms with Gasteiger partial charge in [0.05, 0.1) is 4.90 Å². The summed E-state index contributed by atoms with van der Waals surface area (Å²) >= 11 is 0. The Morgan fingerprint density at radius 2 is 1.75 bits per heavy atom. The monoisotopic (exact) mass is 458 g/mol. The van der Waals surface area contributed by atoms with Gasteiger partial charge in [0.1, 0.15) is 0 Å². The molecule has 0 aliphatic heterocycles. The van der Waals surface area contributed by atoms with E-state index in [2.05, 4.69) is 10.0 Å². The normalized spacial score (nSPS) is 20.0. The Morgan fingerprint density at radius 3 is 2.38 bits per heavy atom. The molecule has 0 bridgehead atoms. The lowest BCUT2D eigenvalue weighted by molar-refractivity contribution is 0.102. The highest BCUT2D eigenvalue weighted by molar-refractivity contribution is 7.89. The molecule has 0 unspecified atom stereocenters. The Kier molecular flexibility index (Phi) is 8.09. The second-order valence-electron chi connectivity index (χ2n) is 8.95. The van der Waals surface area contributed by atoms with E-state index in [-0.39, 0.29) is 23.5 Å². The maximum atomic E-state index is 13.0. The molecule has 1 atom stereocenters. The Balaban J connectivity index is 1.65. The van der Waals surface area contributed by atoms with Crippen LogP contribution in [-0.2, 0) is 10.0 Å². The fourth-order valence-electron chi connectivity index (χ4n) is 4.53. The van der Waals surface area contributed by atoms with Crippen LogP contribution in [0, 0.1) is 25.7 Å². The van der Waals surface area contributed by atoms with E-state index in [1.165, 1.54) is 6.07 Å². The van der Waals surface area contributed by atoms with Gasteiger partial charge >= 0.3 is 0 Å². The van der Waals surface area contributed by atoms with Gasteiger partial charge in [0.25, 0.3) is 5.91 Å². The molecule has 3 N–H and O–H groups in total. The minimum absolute atomic E-state index is 0.157. The maximum Gasteiger partial charge on any atom is 0.255 e. The van der Waals surface area contributed by atoms with Crippen LogP contribution in [0.15, 0.2) is 47.4 Å². The first-order chi connectivity index (χ1) is 15.2. The molecule has 7 heteroatoms. The Labute approximate surface area is 191 Å². The van der Waals surface area contributed by atoms with E-state index < -0.39 is 10.0 Å². The van der Waals surface area contributed by atoms with E-state index in [0.29, 0.717) is 28.7 Å². The average molecular weight is 459 g/mol. The summed E-state index contributed by atoms with van der Waals surface area (Å²) in [6.45, 7) is 5.82. The van der Waals surface area contributed by atoms with Crippen molar-refractivity contribution in [1.29, 1.82) is 0 Å². The number of nitrogens with one attached hydrogen (secondary N) is 2. The van der Waals surface area contributed by atoms with Crippen molar-refractivity contribution in [3.63, 3.8) is 0 Å². The summed E-state index contributed by atoms with van der Waals surface area (Å²) in [6.07, 6.45) is 4.84. The lowest BCUT2D eigenvalue weighted by Crippen LogP contribution is -2.39. The summed E-state index contributed by atoms with van der Waals surface area (Å²) in [5.74, 6) is 0.629. The molecule has 1 aliphatic carbocycles. The summed E-state index contributed by atoms with van der Waals surface area (Å²) in [5, 5.41) is 12.0. The maximum absolute atomic E-state index is 13.0. The molecule has 0 radical (unpaired) electrons. The standard InChI is InChI=1S/C25H34N2O4S/c1-17-6-4-5-7-23(17)25(29)26-24-13-12-22(16-18(24)2)32(30,31)27-19(3)21-10-8-20(9-11-21)14-15-28/h4-7,12-13,16,19-21,27-28H,8-11,14-15H2,1-3H3,(H,26,29)/t19-,20?,21?/m1/s1. The number of rotatable bonds is 8. The zero-order chi connectivity index (χ0) is 23.3. The van der Waals surface area contributed by atoms with Crippen LogP contribution in [0.5, 0.6) is 0 Å². The highest BCUT2D eigenvalue weighted by Gasteiger charge is 2.28. The van der Waals surface area contributed by atoms with Gasteiger partial charge in [-0.1, -0.05) is 31.0 Å². The summed E-state index contributed by atoms with van der Waals surface area (Å²) in [7, 11) is -3.66. The number of amides is 1. The van der Waals surface area contributed by atoms with Crippen LogP contribution in [0.2, 0.25) is 0 Å². The number of aliphatic hydroxyl groups excluding tert-OH is 1. The van der Waals surface area contributed by atoms with Gasteiger partial charge in [-0.3, -0.25) is 4.79 Å². The minimum Gasteiger partial charge on any atom is -0.396 e. The molecule has 0 spiro atoms. The molecule has 32 heavy (non-hydrogen) atoms. The molecule has 0 aromatic heterocycles. The molecule has 174 valence electrons. The van der Waals surface area contributed by atoms with E-state index in [1.54, 1.807) is 25.1 Å². The lowest BCUT2D eigenvalue weighted by Gasteiger charge is -2.32. The van der Waals surface area contributed by atoms with Crippen molar-refractivity contribution in [1.82, 2.24) is 4.72 Å². The average Bonchev–Trinajstić information content (AvgIpc) is 2.75. The molecule has 1 fully saturated rings. The molecular formula is C25H34N2O4S. The van der Waals surface area contributed by atoms with Crippen LogP contribution in [-0.4, -0.2) is 32.1 Å². The zero-order valence-electron chi connectivity index (χ0n) is 19.1. The van der Waals surface area contributed by atoms with Gasteiger partial charge < -0.3 is 10.4 Å². The summed E-state index contributed by atoms with van der Waals surface area (Å²) in [5.41, 5.74) is 2.75. The van der Waals surface area contributed by atoms with Crippen molar-refractivity contribution in [2.24, 2.45) is 11.8 Å². The Morgan fingerprint density at radius 1 is 1.06 bits per heavy atom.